The SMILES string of the molecule is CCNC(=NCc1cccc([N+](=O)[O-])c1)N1CCC(OCC)CC1.I. The minimum Gasteiger partial charge on any atom is -0.378 e. The van der Waals surface area contributed by atoms with Crippen molar-refractivity contribution in [2.75, 3.05) is 26.2 Å². The number of nitro groups is 1. The summed E-state index contributed by atoms with van der Waals surface area (Å²) >= 11 is 0. The quantitative estimate of drug-likeness (QED) is 0.231. The van der Waals surface area contributed by atoms with Gasteiger partial charge in [0.05, 0.1) is 17.6 Å². The Morgan fingerprint density at radius 2 is 2.12 bits per heavy atom. The van der Waals surface area contributed by atoms with Gasteiger partial charge in [0, 0.05) is 38.4 Å². The fraction of sp³-hybridized carbons (Fsp3) is 0.588. The van der Waals surface area contributed by atoms with Crippen molar-refractivity contribution >= 4 is 35.6 Å². The molecule has 140 valence electrons. The van der Waals surface area contributed by atoms with Gasteiger partial charge in [-0.25, -0.2) is 4.99 Å². The second kappa shape index (κ2) is 11.2. The molecule has 1 aliphatic rings. The smallest absolute Gasteiger partial charge is 0.269 e. The number of hydrogen-bond donors (Lipinski definition) is 1. The maximum Gasteiger partial charge on any atom is 0.269 e. The monoisotopic (exact) mass is 462 g/mol. The summed E-state index contributed by atoms with van der Waals surface area (Å²) in [5.41, 5.74) is 0.939. The number of rotatable bonds is 6. The van der Waals surface area contributed by atoms with Crippen LogP contribution in [-0.4, -0.2) is 48.1 Å². The summed E-state index contributed by atoms with van der Waals surface area (Å²) in [4.78, 5) is 17.4. The van der Waals surface area contributed by atoms with E-state index in [0.29, 0.717) is 12.6 Å². The third-order valence-electron chi connectivity index (χ3n) is 4.01. The van der Waals surface area contributed by atoms with Gasteiger partial charge >= 0.3 is 0 Å². The number of halogens is 1. The van der Waals surface area contributed by atoms with Crippen molar-refractivity contribution in [3.8, 4) is 0 Å². The van der Waals surface area contributed by atoms with Crippen molar-refractivity contribution in [2.24, 2.45) is 4.99 Å². The number of non-ortho nitro benzene ring substituents is 1. The first-order valence-corrected chi connectivity index (χ1v) is 8.52. The topological polar surface area (TPSA) is 80.0 Å². The largest absolute Gasteiger partial charge is 0.378 e. The van der Waals surface area contributed by atoms with Gasteiger partial charge in [-0.3, -0.25) is 10.1 Å². The molecule has 0 aromatic heterocycles. The van der Waals surface area contributed by atoms with Gasteiger partial charge < -0.3 is 15.0 Å². The standard InChI is InChI=1S/C17H26N4O3.HI/c1-3-18-17(20-10-8-16(9-11-20)24-4-2)19-13-14-6-5-7-15(12-14)21(22)23;/h5-7,12,16H,3-4,8-11,13H2,1-2H3,(H,18,19);1H. The number of likely N-dealkylation sites (tertiary alicyclic amines) is 1. The summed E-state index contributed by atoms with van der Waals surface area (Å²) in [6.45, 7) is 7.85. The summed E-state index contributed by atoms with van der Waals surface area (Å²) in [7, 11) is 0. The van der Waals surface area contributed by atoms with E-state index in [1.54, 1.807) is 12.1 Å². The van der Waals surface area contributed by atoms with Gasteiger partial charge in [-0.1, -0.05) is 12.1 Å². The van der Waals surface area contributed by atoms with E-state index in [4.69, 9.17) is 4.74 Å². The maximum atomic E-state index is 10.9. The van der Waals surface area contributed by atoms with Gasteiger partial charge in [-0.05, 0) is 32.3 Å². The first-order chi connectivity index (χ1) is 11.6. The van der Waals surface area contributed by atoms with Crippen LogP contribution < -0.4 is 5.32 Å². The van der Waals surface area contributed by atoms with Crippen molar-refractivity contribution < 1.29 is 9.66 Å². The Bertz CT molecular complexity index is 575. The lowest BCUT2D eigenvalue weighted by Gasteiger charge is -2.34. The molecule has 1 heterocycles. The van der Waals surface area contributed by atoms with Gasteiger partial charge in [-0.15, -0.1) is 24.0 Å². The molecule has 2 rings (SSSR count). The van der Waals surface area contributed by atoms with E-state index in [1.807, 2.05) is 19.9 Å². The van der Waals surface area contributed by atoms with E-state index in [9.17, 15) is 10.1 Å². The Morgan fingerprint density at radius 3 is 2.72 bits per heavy atom. The Kier molecular flexibility index (Phi) is 9.73. The highest BCUT2D eigenvalue weighted by Gasteiger charge is 2.21. The Morgan fingerprint density at radius 1 is 1.40 bits per heavy atom. The second-order valence-electron chi connectivity index (χ2n) is 5.74. The number of nitrogens with one attached hydrogen (secondary N) is 1. The van der Waals surface area contributed by atoms with Gasteiger partial charge in [0.25, 0.3) is 5.69 Å². The highest BCUT2D eigenvalue weighted by Crippen LogP contribution is 2.16. The predicted octanol–water partition coefficient (Wildman–Crippen LogP) is 3.18. The first-order valence-electron chi connectivity index (χ1n) is 8.52. The third kappa shape index (κ3) is 6.77. The highest BCUT2D eigenvalue weighted by atomic mass is 127. The predicted molar refractivity (Wildman–Crippen MR) is 110 cm³/mol. The minimum atomic E-state index is -0.378. The molecule has 0 saturated carbocycles. The van der Waals surface area contributed by atoms with Crippen LogP contribution in [0.3, 0.4) is 0 Å². The number of hydrogen-bond acceptors (Lipinski definition) is 4. The van der Waals surface area contributed by atoms with Crippen molar-refractivity contribution in [1.82, 2.24) is 10.2 Å². The van der Waals surface area contributed by atoms with Crippen molar-refractivity contribution in [3.05, 3.63) is 39.9 Å². The molecule has 0 bridgehead atoms. The van der Waals surface area contributed by atoms with Crippen molar-refractivity contribution in [3.63, 3.8) is 0 Å². The number of ether oxygens (including phenoxy) is 1. The molecule has 1 N–H and O–H groups in total. The number of guanidine groups is 1. The lowest BCUT2D eigenvalue weighted by molar-refractivity contribution is -0.384. The van der Waals surface area contributed by atoms with Gasteiger partial charge in [0.1, 0.15) is 0 Å². The molecular weight excluding hydrogens is 435 g/mol. The molecular formula is C17H27IN4O3. The van der Waals surface area contributed by atoms with Crippen molar-refractivity contribution in [1.29, 1.82) is 0 Å². The molecule has 1 aromatic carbocycles. The lowest BCUT2D eigenvalue weighted by atomic mass is 10.1. The summed E-state index contributed by atoms with van der Waals surface area (Å²) in [6.07, 6.45) is 2.33. The van der Waals surface area contributed by atoms with E-state index in [2.05, 4.69) is 15.2 Å². The van der Waals surface area contributed by atoms with Crippen LogP contribution in [0.2, 0.25) is 0 Å². The molecule has 1 saturated heterocycles. The van der Waals surface area contributed by atoms with Crippen molar-refractivity contribution in [2.45, 2.75) is 39.3 Å². The molecule has 1 aromatic rings. The molecule has 1 fully saturated rings. The average Bonchev–Trinajstić information content (AvgIpc) is 2.60. The molecule has 25 heavy (non-hydrogen) atoms. The van der Waals surface area contributed by atoms with Gasteiger partial charge in [0.15, 0.2) is 5.96 Å². The zero-order valence-electron chi connectivity index (χ0n) is 14.8. The van der Waals surface area contributed by atoms with Crippen LogP contribution in [0.25, 0.3) is 0 Å². The Hall–Kier alpha value is -1.42. The molecule has 7 nitrogen and oxygen atoms in total. The number of nitrogens with zero attached hydrogens (tertiary/aromatic N) is 3. The fourth-order valence-corrected chi connectivity index (χ4v) is 2.83. The second-order valence-corrected chi connectivity index (χ2v) is 5.74. The van der Waals surface area contributed by atoms with Crippen LogP contribution in [0, 0.1) is 10.1 Å². The zero-order chi connectivity index (χ0) is 17.4. The van der Waals surface area contributed by atoms with Crippen LogP contribution in [0.15, 0.2) is 29.3 Å². The van der Waals surface area contributed by atoms with E-state index in [0.717, 1.165) is 50.6 Å². The fourth-order valence-electron chi connectivity index (χ4n) is 2.83. The molecule has 0 atom stereocenters. The van der Waals surface area contributed by atoms with E-state index < -0.39 is 0 Å². The van der Waals surface area contributed by atoms with Crippen LogP contribution in [0.4, 0.5) is 5.69 Å². The number of benzene rings is 1. The molecule has 1 aliphatic heterocycles. The molecule has 8 heteroatoms. The number of nitro benzene ring substituents is 1. The zero-order valence-corrected chi connectivity index (χ0v) is 17.1. The lowest BCUT2D eigenvalue weighted by Crippen LogP contribution is -2.47. The molecule has 0 aliphatic carbocycles. The minimum absolute atomic E-state index is 0. The van der Waals surface area contributed by atoms with Crippen LogP contribution in [-0.2, 0) is 11.3 Å². The normalized spacial score (nSPS) is 15.6. The third-order valence-corrected chi connectivity index (χ3v) is 4.01. The van der Waals surface area contributed by atoms with Crippen LogP contribution >= 0.6 is 24.0 Å². The Balaban J connectivity index is 0.00000312. The summed E-state index contributed by atoms with van der Waals surface area (Å²) in [5.74, 6) is 0.860. The Labute approximate surface area is 166 Å². The highest BCUT2D eigenvalue weighted by molar-refractivity contribution is 14.0. The molecule has 0 amide bonds. The summed E-state index contributed by atoms with van der Waals surface area (Å²) in [6, 6.07) is 6.64. The van der Waals surface area contributed by atoms with Gasteiger partial charge in [-0.2, -0.15) is 0 Å². The summed E-state index contributed by atoms with van der Waals surface area (Å²) < 4.78 is 5.68. The van der Waals surface area contributed by atoms with Crippen LogP contribution in [0.1, 0.15) is 32.3 Å². The molecule has 0 radical (unpaired) electrons. The number of aliphatic imine (C=N–C) groups is 1. The van der Waals surface area contributed by atoms with Gasteiger partial charge in [0.2, 0.25) is 0 Å². The maximum absolute atomic E-state index is 10.9. The molecule has 0 unspecified atom stereocenters. The van der Waals surface area contributed by atoms with E-state index >= 15 is 0 Å². The average molecular weight is 462 g/mol. The number of piperidine rings is 1. The molecule has 0 spiro atoms. The van der Waals surface area contributed by atoms with Crippen LogP contribution in [0.5, 0.6) is 0 Å². The first kappa shape index (κ1) is 21.6. The van der Waals surface area contributed by atoms with E-state index in [1.165, 1.54) is 6.07 Å². The van der Waals surface area contributed by atoms with E-state index in [-0.39, 0.29) is 34.6 Å². The summed E-state index contributed by atoms with van der Waals surface area (Å²) in [5, 5.41) is 14.2.